The van der Waals surface area contributed by atoms with Crippen LogP contribution >= 0.6 is 0 Å². The summed E-state index contributed by atoms with van der Waals surface area (Å²) < 4.78 is 0. The Morgan fingerprint density at radius 3 is 2.89 bits per heavy atom. The predicted octanol–water partition coefficient (Wildman–Crippen LogP) is 2.23. The first-order chi connectivity index (χ1) is 13.3. The molecule has 0 saturated carbocycles. The molecule has 7 heteroatoms. The molecular weight excluding hydrogens is 340 g/mol. The van der Waals surface area contributed by atoms with E-state index < -0.39 is 0 Å². The molecule has 0 bridgehead atoms. The van der Waals surface area contributed by atoms with E-state index in [2.05, 4.69) is 37.4 Å². The van der Waals surface area contributed by atoms with Crippen molar-refractivity contribution < 1.29 is 0 Å². The third-order valence-electron chi connectivity index (χ3n) is 4.67. The summed E-state index contributed by atoms with van der Waals surface area (Å²) in [6.45, 7) is 1.55. The van der Waals surface area contributed by atoms with Crippen molar-refractivity contribution in [3.8, 4) is 0 Å². The van der Waals surface area contributed by atoms with Gasteiger partial charge in [-0.2, -0.15) is 0 Å². The number of nitrogens with one attached hydrogen (secondary N) is 2. The molecule has 0 spiro atoms. The Balaban J connectivity index is 1.43. The van der Waals surface area contributed by atoms with E-state index in [1.807, 2.05) is 29.2 Å². The molecule has 1 aliphatic rings. The minimum atomic E-state index is -0.148. The van der Waals surface area contributed by atoms with Crippen molar-refractivity contribution >= 4 is 11.6 Å². The number of aromatic nitrogens is 4. The first kappa shape index (κ1) is 17.2. The highest BCUT2D eigenvalue weighted by atomic mass is 16.1. The van der Waals surface area contributed by atoms with Crippen LogP contribution in [0.1, 0.15) is 24.2 Å². The third kappa shape index (κ3) is 4.31. The molecule has 4 rings (SSSR count). The van der Waals surface area contributed by atoms with E-state index in [1.54, 1.807) is 18.6 Å². The second kappa shape index (κ2) is 7.99. The summed E-state index contributed by atoms with van der Waals surface area (Å²) in [7, 11) is 0. The van der Waals surface area contributed by atoms with Gasteiger partial charge in [-0.05, 0) is 24.5 Å². The summed E-state index contributed by atoms with van der Waals surface area (Å²) in [5.41, 5.74) is 1.04. The van der Waals surface area contributed by atoms with Gasteiger partial charge >= 0.3 is 0 Å². The summed E-state index contributed by atoms with van der Waals surface area (Å²) in [4.78, 5) is 30.0. The SMILES string of the molecule is O=c1[nH]ccnc1N1CCC[C@H](Nc2ccnc(Cc3ccccc3)n2)C1. The number of rotatable bonds is 5. The monoisotopic (exact) mass is 362 g/mol. The van der Waals surface area contributed by atoms with Crippen molar-refractivity contribution in [1.82, 2.24) is 19.9 Å². The Morgan fingerprint density at radius 2 is 2.04 bits per heavy atom. The van der Waals surface area contributed by atoms with Gasteiger partial charge in [-0.15, -0.1) is 0 Å². The summed E-state index contributed by atoms with van der Waals surface area (Å²) >= 11 is 0. The number of anilines is 2. The summed E-state index contributed by atoms with van der Waals surface area (Å²) in [5.74, 6) is 2.09. The first-order valence-electron chi connectivity index (χ1n) is 9.19. The Labute approximate surface area is 157 Å². The molecule has 3 heterocycles. The Bertz CT molecular complexity index is 942. The molecular formula is C20H22N6O. The summed E-state index contributed by atoms with van der Waals surface area (Å²) in [6, 6.07) is 12.3. The van der Waals surface area contributed by atoms with E-state index in [1.165, 1.54) is 5.56 Å². The van der Waals surface area contributed by atoms with Gasteiger partial charge in [0, 0.05) is 44.1 Å². The van der Waals surface area contributed by atoms with Crippen LogP contribution in [0.2, 0.25) is 0 Å². The summed E-state index contributed by atoms with van der Waals surface area (Å²) in [5, 5.41) is 3.49. The van der Waals surface area contributed by atoms with Crippen LogP contribution in [0, 0.1) is 0 Å². The van der Waals surface area contributed by atoms with E-state index in [-0.39, 0.29) is 11.6 Å². The van der Waals surface area contributed by atoms with E-state index in [4.69, 9.17) is 0 Å². The number of hydrogen-bond acceptors (Lipinski definition) is 6. The lowest BCUT2D eigenvalue weighted by Gasteiger charge is -2.33. The molecule has 7 nitrogen and oxygen atoms in total. The van der Waals surface area contributed by atoms with Gasteiger partial charge in [0.05, 0.1) is 0 Å². The lowest BCUT2D eigenvalue weighted by molar-refractivity contribution is 0.524. The lowest BCUT2D eigenvalue weighted by atomic mass is 10.1. The zero-order valence-corrected chi connectivity index (χ0v) is 15.0. The van der Waals surface area contributed by atoms with Crippen molar-refractivity contribution in [3.05, 3.63) is 76.7 Å². The molecule has 27 heavy (non-hydrogen) atoms. The van der Waals surface area contributed by atoms with Crippen molar-refractivity contribution in [2.45, 2.75) is 25.3 Å². The van der Waals surface area contributed by atoms with Gasteiger partial charge in [-0.1, -0.05) is 30.3 Å². The highest BCUT2D eigenvalue weighted by Gasteiger charge is 2.22. The minimum Gasteiger partial charge on any atom is -0.365 e. The predicted molar refractivity (Wildman–Crippen MR) is 105 cm³/mol. The number of benzene rings is 1. The Kier molecular flexibility index (Phi) is 5.09. The second-order valence-corrected chi connectivity index (χ2v) is 6.69. The van der Waals surface area contributed by atoms with E-state index in [0.717, 1.165) is 37.6 Å². The summed E-state index contributed by atoms with van der Waals surface area (Å²) in [6.07, 6.45) is 7.69. The maximum Gasteiger partial charge on any atom is 0.290 e. The molecule has 0 radical (unpaired) electrons. The average Bonchev–Trinajstić information content (AvgIpc) is 2.70. The van der Waals surface area contributed by atoms with E-state index >= 15 is 0 Å². The largest absolute Gasteiger partial charge is 0.365 e. The smallest absolute Gasteiger partial charge is 0.290 e. The van der Waals surface area contributed by atoms with Crippen LogP contribution in [0.15, 0.2) is 59.8 Å². The van der Waals surface area contributed by atoms with Crippen molar-refractivity contribution in [2.24, 2.45) is 0 Å². The highest BCUT2D eigenvalue weighted by Crippen LogP contribution is 2.18. The fourth-order valence-electron chi connectivity index (χ4n) is 3.41. The maximum atomic E-state index is 12.0. The van der Waals surface area contributed by atoms with Crippen molar-refractivity contribution in [2.75, 3.05) is 23.3 Å². The fraction of sp³-hybridized carbons (Fsp3) is 0.300. The number of aromatic amines is 1. The molecule has 3 aromatic rings. The molecule has 1 fully saturated rings. The van der Waals surface area contributed by atoms with Crippen LogP contribution in [0.25, 0.3) is 0 Å². The number of nitrogens with zero attached hydrogens (tertiary/aromatic N) is 4. The third-order valence-corrected chi connectivity index (χ3v) is 4.67. The normalized spacial score (nSPS) is 16.9. The lowest BCUT2D eigenvalue weighted by Crippen LogP contribution is -2.44. The van der Waals surface area contributed by atoms with Crippen molar-refractivity contribution in [3.63, 3.8) is 0 Å². The van der Waals surface area contributed by atoms with Gasteiger partial charge in [0.2, 0.25) is 0 Å². The van der Waals surface area contributed by atoms with Crippen LogP contribution in [-0.2, 0) is 6.42 Å². The zero-order chi connectivity index (χ0) is 18.5. The molecule has 2 aromatic heterocycles. The standard InChI is InChI=1S/C20H22N6O/c27-20-19(22-10-11-23-20)26-12-4-7-16(14-26)24-17-8-9-21-18(25-17)13-15-5-2-1-3-6-15/h1-3,5-6,8-11,16H,4,7,12-14H2,(H,23,27)(H,21,24,25)/t16-/m0/s1. The minimum absolute atomic E-state index is 0.148. The Hall–Kier alpha value is -3.22. The van der Waals surface area contributed by atoms with Gasteiger partial charge in [0.1, 0.15) is 11.6 Å². The van der Waals surface area contributed by atoms with Gasteiger partial charge in [-0.3, -0.25) is 4.79 Å². The fourth-order valence-corrected chi connectivity index (χ4v) is 3.41. The van der Waals surface area contributed by atoms with Gasteiger partial charge in [-0.25, -0.2) is 15.0 Å². The highest BCUT2D eigenvalue weighted by molar-refractivity contribution is 5.40. The number of piperidine rings is 1. The van der Waals surface area contributed by atoms with E-state index in [0.29, 0.717) is 12.2 Å². The second-order valence-electron chi connectivity index (χ2n) is 6.69. The molecule has 1 aromatic carbocycles. The first-order valence-corrected chi connectivity index (χ1v) is 9.19. The maximum absolute atomic E-state index is 12.0. The van der Waals surface area contributed by atoms with Crippen molar-refractivity contribution in [1.29, 1.82) is 0 Å². The molecule has 0 aliphatic carbocycles. The number of H-pyrrole nitrogens is 1. The van der Waals surface area contributed by atoms with Crippen LogP contribution in [0.4, 0.5) is 11.6 Å². The van der Waals surface area contributed by atoms with Crippen LogP contribution in [0.3, 0.4) is 0 Å². The van der Waals surface area contributed by atoms with Gasteiger partial charge in [0.25, 0.3) is 5.56 Å². The molecule has 138 valence electrons. The molecule has 0 unspecified atom stereocenters. The van der Waals surface area contributed by atoms with Gasteiger partial charge in [0.15, 0.2) is 5.82 Å². The van der Waals surface area contributed by atoms with Gasteiger partial charge < -0.3 is 15.2 Å². The molecule has 2 N–H and O–H groups in total. The molecule has 1 saturated heterocycles. The average molecular weight is 362 g/mol. The quantitative estimate of drug-likeness (QED) is 0.724. The zero-order valence-electron chi connectivity index (χ0n) is 15.0. The van der Waals surface area contributed by atoms with Crippen LogP contribution in [-0.4, -0.2) is 39.1 Å². The van der Waals surface area contributed by atoms with Crippen LogP contribution in [0.5, 0.6) is 0 Å². The molecule has 1 atom stereocenters. The Morgan fingerprint density at radius 1 is 1.15 bits per heavy atom. The number of hydrogen-bond donors (Lipinski definition) is 2. The molecule has 1 aliphatic heterocycles. The van der Waals surface area contributed by atoms with Crippen LogP contribution < -0.4 is 15.8 Å². The topological polar surface area (TPSA) is 86.8 Å². The molecule has 0 amide bonds. The van der Waals surface area contributed by atoms with E-state index in [9.17, 15) is 4.79 Å².